The molecule has 0 bridgehead atoms. The summed E-state index contributed by atoms with van der Waals surface area (Å²) in [5.74, 6) is 0.751. The highest BCUT2D eigenvalue weighted by atomic mass is 16.7. The standard InChI is InChI=1S/C20H14N4O5/c25-12-28-24-15-8-6-13(7-9-15)18(26)21-16-4-1-3-14(11-16)19-22-23-20(29-19)17-5-2-10-27-17/h1-12,24H,(H,21,26). The second-order valence-corrected chi connectivity index (χ2v) is 5.82. The number of amides is 1. The topological polar surface area (TPSA) is 119 Å². The van der Waals surface area contributed by atoms with E-state index >= 15 is 0 Å². The van der Waals surface area contributed by atoms with E-state index in [1.165, 1.54) is 6.26 Å². The number of nitrogens with one attached hydrogen (secondary N) is 2. The predicted molar refractivity (Wildman–Crippen MR) is 103 cm³/mol. The lowest BCUT2D eigenvalue weighted by Crippen LogP contribution is -2.12. The fourth-order valence-electron chi connectivity index (χ4n) is 2.55. The largest absolute Gasteiger partial charge is 0.459 e. The summed E-state index contributed by atoms with van der Waals surface area (Å²) in [5.41, 5.74) is 4.61. The van der Waals surface area contributed by atoms with Crippen LogP contribution in [0.5, 0.6) is 0 Å². The minimum absolute atomic E-state index is 0.270. The minimum Gasteiger partial charge on any atom is -0.459 e. The normalized spacial score (nSPS) is 10.3. The van der Waals surface area contributed by atoms with E-state index in [2.05, 4.69) is 25.8 Å². The van der Waals surface area contributed by atoms with Crippen LogP contribution in [0.15, 0.2) is 75.8 Å². The van der Waals surface area contributed by atoms with Gasteiger partial charge in [0.15, 0.2) is 5.76 Å². The summed E-state index contributed by atoms with van der Waals surface area (Å²) in [7, 11) is 0. The average Bonchev–Trinajstić information content (AvgIpc) is 3.44. The van der Waals surface area contributed by atoms with Crippen molar-refractivity contribution in [2.75, 3.05) is 10.8 Å². The lowest BCUT2D eigenvalue weighted by atomic mass is 10.1. The number of hydrogen-bond donors (Lipinski definition) is 2. The molecule has 0 radical (unpaired) electrons. The Bertz CT molecular complexity index is 1120. The van der Waals surface area contributed by atoms with Gasteiger partial charge in [0.1, 0.15) is 0 Å². The van der Waals surface area contributed by atoms with Gasteiger partial charge in [0.25, 0.3) is 11.8 Å². The number of carbonyl (C=O) groups excluding carboxylic acids is 2. The van der Waals surface area contributed by atoms with Gasteiger partial charge in [-0.2, -0.15) is 0 Å². The highest BCUT2D eigenvalue weighted by Crippen LogP contribution is 2.26. The van der Waals surface area contributed by atoms with Crippen LogP contribution in [0.4, 0.5) is 11.4 Å². The van der Waals surface area contributed by atoms with Gasteiger partial charge in [-0.05, 0) is 54.6 Å². The summed E-state index contributed by atoms with van der Waals surface area (Å²) < 4.78 is 10.9. The molecule has 29 heavy (non-hydrogen) atoms. The molecule has 0 unspecified atom stereocenters. The van der Waals surface area contributed by atoms with Crippen LogP contribution in [-0.2, 0) is 9.63 Å². The lowest BCUT2D eigenvalue weighted by Gasteiger charge is -2.07. The number of hydrogen-bond acceptors (Lipinski definition) is 8. The van der Waals surface area contributed by atoms with Crippen LogP contribution >= 0.6 is 0 Å². The maximum atomic E-state index is 12.5. The zero-order valence-corrected chi connectivity index (χ0v) is 14.9. The molecule has 0 atom stereocenters. The number of carbonyl (C=O) groups is 2. The minimum atomic E-state index is -0.299. The van der Waals surface area contributed by atoms with Gasteiger partial charge in [-0.3, -0.25) is 9.59 Å². The Kier molecular flexibility index (Phi) is 5.02. The summed E-state index contributed by atoms with van der Waals surface area (Å²) in [5, 5.41) is 10.8. The Hall–Kier alpha value is -4.40. The first-order valence-corrected chi connectivity index (χ1v) is 8.47. The molecule has 9 heteroatoms. The first-order valence-electron chi connectivity index (χ1n) is 8.47. The van der Waals surface area contributed by atoms with Crippen LogP contribution in [0.25, 0.3) is 23.1 Å². The number of aromatic nitrogens is 2. The van der Waals surface area contributed by atoms with E-state index in [0.717, 1.165) is 0 Å². The molecule has 144 valence electrons. The Morgan fingerprint density at radius 2 is 1.79 bits per heavy atom. The first-order chi connectivity index (χ1) is 14.2. The number of furan rings is 1. The molecule has 4 aromatic rings. The molecule has 0 aliphatic rings. The van der Waals surface area contributed by atoms with Crippen molar-refractivity contribution in [2.45, 2.75) is 0 Å². The highest BCUT2D eigenvalue weighted by molar-refractivity contribution is 6.04. The number of nitrogens with zero attached hydrogens (tertiary/aromatic N) is 2. The molecule has 2 N–H and O–H groups in total. The predicted octanol–water partition coefficient (Wildman–Crippen LogP) is 3.75. The van der Waals surface area contributed by atoms with E-state index in [1.54, 1.807) is 60.7 Å². The molecule has 1 amide bonds. The highest BCUT2D eigenvalue weighted by Gasteiger charge is 2.13. The van der Waals surface area contributed by atoms with Gasteiger partial charge >= 0.3 is 6.47 Å². The van der Waals surface area contributed by atoms with Crippen molar-refractivity contribution < 1.29 is 23.3 Å². The smallest absolute Gasteiger partial charge is 0.320 e. The Labute approximate surface area is 164 Å². The average molecular weight is 390 g/mol. The summed E-state index contributed by atoms with van der Waals surface area (Å²) in [6, 6.07) is 16.9. The van der Waals surface area contributed by atoms with Crippen LogP contribution in [0.3, 0.4) is 0 Å². The third kappa shape index (κ3) is 4.14. The van der Waals surface area contributed by atoms with Gasteiger partial charge in [-0.1, -0.05) is 6.07 Å². The third-order valence-corrected chi connectivity index (χ3v) is 3.90. The summed E-state index contributed by atoms with van der Waals surface area (Å²) in [4.78, 5) is 27.1. The van der Waals surface area contributed by atoms with Gasteiger partial charge in [0.2, 0.25) is 5.89 Å². The van der Waals surface area contributed by atoms with Crippen LogP contribution in [0, 0.1) is 0 Å². The van der Waals surface area contributed by atoms with Crippen LogP contribution < -0.4 is 10.8 Å². The Balaban J connectivity index is 1.47. The molecule has 0 spiro atoms. The molecular weight excluding hydrogens is 376 g/mol. The Morgan fingerprint density at radius 3 is 2.55 bits per heavy atom. The Morgan fingerprint density at radius 1 is 0.966 bits per heavy atom. The van der Waals surface area contributed by atoms with Crippen molar-refractivity contribution >= 4 is 23.8 Å². The second kappa shape index (κ2) is 8.09. The van der Waals surface area contributed by atoms with E-state index < -0.39 is 0 Å². The number of benzene rings is 2. The van der Waals surface area contributed by atoms with E-state index in [0.29, 0.717) is 34.2 Å². The quantitative estimate of drug-likeness (QED) is 0.362. The van der Waals surface area contributed by atoms with E-state index in [9.17, 15) is 9.59 Å². The van der Waals surface area contributed by atoms with Crippen LogP contribution in [0.1, 0.15) is 10.4 Å². The molecule has 2 aromatic heterocycles. The zero-order chi connectivity index (χ0) is 20.1. The van der Waals surface area contributed by atoms with Gasteiger partial charge in [0, 0.05) is 16.8 Å². The maximum absolute atomic E-state index is 12.5. The van der Waals surface area contributed by atoms with Crippen molar-refractivity contribution in [3.05, 3.63) is 72.5 Å². The zero-order valence-electron chi connectivity index (χ0n) is 14.9. The molecule has 0 saturated carbocycles. The van der Waals surface area contributed by atoms with Crippen molar-refractivity contribution in [1.82, 2.24) is 10.2 Å². The van der Waals surface area contributed by atoms with Crippen molar-refractivity contribution in [1.29, 1.82) is 0 Å². The van der Waals surface area contributed by atoms with Crippen molar-refractivity contribution in [3.8, 4) is 23.1 Å². The monoisotopic (exact) mass is 390 g/mol. The molecular formula is C20H14N4O5. The van der Waals surface area contributed by atoms with Gasteiger partial charge in [-0.25, -0.2) is 5.48 Å². The molecule has 0 saturated heterocycles. The molecule has 0 aliphatic carbocycles. The van der Waals surface area contributed by atoms with Crippen LogP contribution in [0.2, 0.25) is 0 Å². The van der Waals surface area contributed by atoms with Crippen molar-refractivity contribution in [2.24, 2.45) is 0 Å². The first kappa shape index (κ1) is 18.0. The van der Waals surface area contributed by atoms with Crippen LogP contribution in [-0.4, -0.2) is 22.6 Å². The van der Waals surface area contributed by atoms with E-state index in [4.69, 9.17) is 8.83 Å². The lowest BCUT2D eigenvalue weighted by molar-refractivity contribution is -0.126. The number of rotatable bonds is 7. The van der Waals surface area contributed by atoms with Gasteiger partial charge < -0.3 is 19.0 Å². The molecule has 9 nitrogen and oxygen atoms in total. The molecule has 0 aliphatic heterocycles. The molecule has 2 aromatic carbocycles. The maximum Gasteiger partial charge on any atom is 0.320 e. The molecule has 4 rings (SSSR count). The van der Waals surface area contributed by atoms with Crippen molar-refractivity contribution in [3.63, 3.8) is 0 Å². The summed E-state index contributed by atoms with van der Waals surface area (Å²) in [6.07, 6.45) is 1.52. The van der Waals surface area contributed by atoms with Gasteiger partial charge in [-0.15, -0.1) is 10.2 Å². The fourth-order valence-corrected chi connectivity index (χ4v) is 2.55. The molecule has 2 heterocycles. The summed E-state index contributed by atoms with van der Waals surface area (Å²) in [6.45, 7) is 0.272. The van der Waals surface area contributed by atoms with Gasteiger partial charge in [0.05, 0.1) is 12.0 Å². The number of anilines is 2. The van der Waals surface area contributed by atoms with E-state index in [-0.39, 0.29) is 18.3 Å². The fraction of sp³-hybridized carbons (Fsp3) is 0. The SMILES string of the molecule is O=CONc1ccc(C(=O)Nc2cccc(-c3nnc(-c4ccco4)o3)c2)cc1. The van der Waals surface area contributed by atoms with E-state index in [1.807, 2.05) is 0 Å². The second-order valence-electron chi connectivity index (χ2n) is 5.82. The third-order valence-electron chi connectivity index (χ3n) is 3.90. The molecule has 0 fully saturated rings. The summed E-state index contributed by atoms with van der Waals surface area (Å²) >= 11 is 0.